The molecule has 0 saturated heterocycles. The molecule has 0 fully saturated rings. The maximum atomic E-state index is 6.43. The molecular weight excluding hydrogens is 371 g/mol. The van der Waals surface area contributed by atoms with Gasteiger partial charge in [0.1, 0.15) is 5.82 Å². The third-order valence-corrected chi connectivity index (χ3v) is 5.25. The molecule has 0 amide bonds. The van der Waals surface area contributed by atoms with E-state index in [1.165, 1.54) is 5.56 Å². The number of rotatable bonds is 4. The average Bonchev–Trinajstić information content (AvgIpc) is 3.28. The molecule has 4 rings (SSSR count). The van der Waals surface area contributed by atoms with Gasteiger partial charge in [-0.25, -0.2) is 4.98 Å². The molecule has 0 spiro atoms. The van der Waals surface area contributed by atoms with Crippen LogP contribution in [0.2, 0.25) is 10.0 Å². The number of imidazole rings is 1. The van der Waals surface area contributed by atoms with Crippen molar-refractivity contribution in [3.05, 3.63) is 86.8 Å². The van der Waals surface area contributed by atoms with Gasteiger partial charge in [0, 0.05) is 22.6 Å². The Kier molecular flexibility index (Phi) is 4.62. The number of aromatic amines is 1. The van der Waals surface area contributed by atoms with Gasteiger partial charge in [-0.1, -0.05) is 53.5 Å². The Morgan fingerprint density at radius 2 is 1.84 bits per heavy atom. The van der Waals surface area contributed by atoms with E-state index >= 15 is 0 Å². The Balaban J connectivity index is 1.86. The molecule has 2 aromatic carbocycles. The minimum atomic E-state index is 0.634. The van der Waals surface area contributed by atoms with E-state index in [0.717, 1.165) is 34.8 Å². The highest BCUT2D eigenvalue weighted by molar-refractivity contribution is 7.07. The fourth-order valence-electron chi connectivity index (χ4n) is 2.78. The first-order valence-electron chi connectivity index (χ1n) is 7.81. The summed E-state index contributed by atoms with van der Waals surface area (Å²) in [6.07, 6.45) is 0.752. The normalized spacial score (nSPS) is 11.0. The summed E-state index contributed by atoms with van der Waals surface area (Å²) in [5, 5.41) is 5.48. The summed E-state index contributed by atoms with van der Waals surface area (Å²) < 4.78 is 0. The number of nitrogens with one attached hydrogen (secondary N) is 1. The van der Waals surface area contributed by atoms with E-state index < -0.39 is 0 Å². The standard InChI is InChI=1S/C20H14Cl2N2S/c21-15-6-7-17(22)16(11-15)20-19(14-4-2-1-3-5-14)23-18(24-20)10-13-8-9-25-12-13/h1-9,11-12H,10H2,(H,23,24). The molecule has 0 aliphatic heterocycles. The summed E-state index contributed by atoms with van der Waals surface area (Å²) in [7, 11) is 0. The monoisotopic (exact) mass is 384 g/mol. The van der Waals surface area contributed by atoms with Crippen LogP contribution in [0.3, 0.4) is 0 Å². The zero-order valence-electron chi connectivity index (χ0n) is 13.2. The van der Waals surface area contributed by atoms with Gasteiger partial charge in [0.15, 0.2) is 0 Å². The molecule has 0 saturated carbocycles. The molecular formula is C20H14Cl2N2S. The van der Waals surface area contributed by atoms with Crippen LogP contribution in [0.25, 0.3) is 22.5 Å². The third kappa shape index (κ3) is 3.49. The number of halogens is 2. The van der Waals surface area contributed by atoms with E-state index in [4.69, 9.17) is 28.2 Å². The molecule has 1 N–H and O–H groups in total. The van der Waals surface area contributed by atoms with Crippen LogP contribution in [0.15, 0.2) is 65.4 Å². The molecule has 0 atom stereocenters. The summed E-state index contributed by atoms with van der Waals surface area (Å²) in [5.74, 6) is 0.906. The van der Waals surface area contributed by atoms with E-state index in [1.54, 1.807) is 23.5 Å². The second-order valence-corrected chi connectivity index (χ2v) is 7.33. The lowest BCUT2D eigenvalue weighted by atomic mass is 10.1. The molecule has 25 heavy (non-hydrogen) atoms. The summed E-state index contributed by atoms with van der Waals surface area (Å²) in [5.41, 5.74) is 4.92. The lowest BCUT2D eigenvalue weighted by Crippen LogP contribution is -1.88. The van der Waals surface area contributed by atoms with Gasteiger partial charge in [0.05, 0.1) is 16.4 Å². The van der Waals surface area contributed by atoms with Gasteiger partial charge in [0.25, 0.3) is 0 Å². The highest BCUT2D eigenvalue weighted by Crippen LogP contribution is 2.36. The van der Waals surface area contributed by atoms with Gasteiger partial charge in [-0.05, 0) is 40.6 Å². The summed E-state index contributed by atoms with van der Waals surface area (Å²) >= 11 is 14.3. The van der Waals surface area contributed by atoms with Crippen LogP contribution in [0.1, 0.15) is 11.4 Å². The van der Waals surface area contributed by atoms with E-state index in [-0.39, 0.29) is 0 Å². The number of thiophene rings is 1. The molecule has 0 aliphatic rings. The average molecular weight is 385 g/mol. The van der Waals surface area contributed by atoms with Gasteiger partial charge in [0.2, 0.25) is 0 Å². The fraction of sp³-hybridized carbons (Fsp3) is 0.0500. The first-order valence-corrected chi connectivity index (χ1v) is 9.51. The maximum absolute atomic E-state index is 6.43. The minimum absolute atomic E-state index is 0.634. The molecule has 0 radical (unpaired) electrons. The maximum Gasteiger partial charge on any atom is 0.111 e. The molecule has 4 aromatic rings. The second kappa shape index (κ2) is 7.04. The quantitative estimate of drug-likeness (QED) is 0.416. The second-order valence-electron chi connectivity index (χ2n) is 5.71. The first-order chi connectivity index (χ1) is 12.2. The van der Waals surface area contributed by atoms with Crippen LogP contribution >= 0.6 is 34.5 Å². The van der Waals surface area contributed by atoms with Crippen LogP contribution in [0.4, 0.5) is 0 Å². The Morgan fingerprint density at radius 3 is 2.60 bits per heavy atom. The molecule has 0 bridgehead atoms. The van der Waals surface area contributed by atoms with Crippen LogP contribution < -0.4 is 0 Å². The predicted molar refractivity (Wildman–Crippen MR) is 107 cm³/mol. The van der Waals surface area contributed by atoms with Crippen molar-refractivity contribution < 1.29 is 0 Å². The van der Waals surface area contributed by atoms with Crippen molar-refractivity contribution in [3.63, 3.8) is 0 Å². The molecule has 5 heteroatoms. The van der Waals surface area contributed by atoms with E-state index in [0.29, 0.717) is 10.0 Å². The first kappa shape index (κ1) is 16.4. The molecule has 124 valence electrons. The Bertz CT molecular complexity index is 992. The molecule has 0 aliphatic carbocycles. The zero-order chi connectivity index (χ0) is 17.2. The molecule has 2 heterocycles. The van der Waals surface area contributed by atoms with Crippen molar-refractivity contribution in [2.45, 2.75) is 6.42 Å². The molecule has 2 nitrogen and oxygen atoms in total. The Labute approximate surface area is 160 Å². The van der Waals surface area contributed by atoms with Crippen molar-refractivity contribution in [2.24, 2.45) is 0 Å². The van der Waals surface area contributed by atoms with Crippen molar-refractivity contribution in [3.8, 4) is 22.5 Å². The van der Waals surface area contributed by atoms with E-state index in [9.17, 15) is 0 Å². The van der Waals surface area contributed by atoms with Crippen molar-refractivity contribution >= 4 is 34.5 Å². The largest absolute Gasteiger partial charge is 0.341 e. The van der Waals surface area contributed by atoms with Crippen LogP contribution in [0.5, 0.6) is 0 Å². The van der Waals surface area contributed by atoms with Gasteiger partial charge >= 0.3 is 0 Å². The lowest BCUT2D eigenvalue weighted by molar-refractivity contribution is 1.03. The van der Waals surface area contributed by atoms with Gasteiger partial charge in [-0.3, -0.25) is 0 Å². The summed E-state index contributed by atoms with van der Waals surface area (Å²) in [6, 6.07) is 17.7. The number of benzene rings is 2. The van der Waals surface area contributed by atoms with E-state index in [1.807, 2.05) is 24.3 Å². The highest BCUT2D eigenvalue weighted by atomic mass is 35.5. The lowest BCUT2D eigenvalue weighted by Gasteiger charge is -2.05. The Morgan fingerprint density at radius 1 is 1.00 bits per heavy atom. The molecule has 2 aromatic heterocycles. The number of aromatic nitrogens is 2. The zero-order valence-corrected chi connectivity index (χ0v) is 15.5. The fourth-order valence-corrected chi connectivity index (χ4v) is 3.83. The number of hydrogen-bond acceptors (Lipinski definition) is 2. The minimum Gasteiger partial charge on any atom is -0.341 e. The van der Waals surface area contributed by atoms with Crippen LogP contribution in [-0.4, -0.2) is 9.97 Å². The topological polar surface area (TPSA) is 28.7 Å². The third-order valence-electron chi connectivity index (χ3n) is 3.95. The smallest absolute Gasteiger partial charge is 0.111 e. The van der Waals surface area contributed by atoms with Gasteiger partial charge < -0.3 is 4.98 Å². The van der Waals surface area contributed by atoms with Crippen LogP contribution in [0, 0.1) is 0 Å². The SMILES string of the molecule is Clc1ccc(Cl)c(-c2nc(Cc3ccsc3)[nH]c2-c2ccccc2)c1. The van der Waals surface area contributed by atoms with Crippen LogP contribution in [-0.2, 0) is 6.42 Å². The predicted octanol–water partition coefficient (Wildman–Crippen LogP) is 6.70. The Hall–Kier alpha value is -2.07. The number of nitrogens with zero attached hydrogens (tertiary/aromatic N) is 1. The summed E-state index contributed by atoms with van der Waals surface area (Å²) in [4.78, 5) is 8.31. The molecule has 0 unspecified atom stereocenters. The van der Waals surface area contributed by atoms with Gasteiger partial charge in [-0.2, -0.15) is 11.3 Å². The summed E-state index contributed by atoms with van der Waals surface area (Å²) in [6.45, 7) is 0. The van der Waals surface area contributed by atoms with Crippen molar-refractivity contribution in [2.75, 3.05) is 0 Å². The number of hydrogen-bond donors (Lipinski definition) is 1. The number of H-pyrrole nitrogens is 1. The highest BCUT2D eigenvalue weighted by Gasteiger charge is 2.17. The van der Waals surface area contributed by atoms with E-state index in [2.05, 4.69) is 33.9 Å². The van der Waals surface area contributed by atoms with Gasteiger partial charge in [-0.15, -0.1) is 0 Å². The van der Waals surface area contributed by atoms with Crippen molar-refractivity contribution in [1.29, 1.82) is 0 Å². The van der Waals surface area contributed by atoms with Crippen molar-refractivity contribution in [1.82, 2.24) is 9.97 Å².